The fraction of sp³-hybridized carbons (Fsp3) is 0.500. The number of nitrogens with zero attached hydrogens (tertiary/aromatic N) is 3. The van der Waals surface area contributed by atoms with Gasteiger partial charge >= 0.3 is 0 Å². The van der Waals surface area contributed by atoms with Gasteiger partial charge < -0.3 is 4.57 Å². The SMILES string of the molecule is CCn1c(-c2ccc(C(C)(C)C)nc2C)n[nH]c1=S. The fourth-order valence-electron chi connectivity index (χ4n) is 2.03. The summed E-state index contributed by atoms with van der Waals surface area (Å²) in [5.41, 5.74) is 3.16. The van der Waals surface area contributed by atoms with E-state index >= 15 is 0 Å². The van der Waals surface area contributed by atoms with Crippen molar-refractivity contribution < 1.29 is 0 Å². The number of hydrogen-bond acceptors (Lipinski definition) is 3. The predicted octanol–water partition coefficient (Wildman–Crippen LogP) is 3.63. The molecule has 1 N–H and O–H groups in total. The molecule has 0 amide bonds. The van der Waals surface area contributed by atoms with E-state index in [0.29, 0.717) is 4.77 Å². The van der Waals surface area contributed by atoms with Crippen LogP contribution in [0.3, 0.4) is 0 Å². The molecule has 0 saturated carbocycles. The van der Waals surface area contributed by atoms with Crippen molar-refractivity contribution >= 4 is 12.2 Å². The summed E-state index contributed by atoms with van der Waals surface area (Å²) in [5.74, 6) is 0.859. The van der Waals surface area contributed by atoms with E-state index in [1.165, 1.54) is 0 Å². The van der Waals surface area contributed by atoms with E-state index in [4.69, 9.17) is 17.2 Å². The zero-order valence-corrected chi connectivity index (χ0v) is 12.9. The average Bonchev–Trinajstić information content (AvgIpc) is 2.69. The summed E-state index contributed by atoms with van der Waals surface area (Å²) in [7, 11) is 0. The van der Waals surface area contributed by atoms with E-state index in [-0.39, 0.29) is 5.41 Å². The lowest BCUT2D eigenvalue weighted by Crippen LogP contribution is -2.14. The Morgan fingerprint density at radius 3 is 2.53 bits per heavy atom. The van der Waals surface area contributed by atoms with Crippen LogP contribution in [0, 0.1) is 11.7 Å². The van der Waals surface area contributed by atoms with Crippen molar-refractivity contribution in [1.82, 2.24) is 19.7 Å². The molecule has 19 heavy (non-hydrogen) atoms. The molecular formula is C14H20N4S. The molecule has 0 radical (unpaired) electrons. The molecule has 2 aromatic heterocycles. The van der Waals surface area contributed by atoms with Crippen molar-refractivity contribution in [3.8, 4) is 11.4 Å². The Hall–Kier alpha value is -1.49. The van der Waals surface area contributed by atoms with Gasteiger partial charge in [-0.05, 0) is 38.2 Å². The lowest BCUT2D eigenvalue weighted by atomic mass is 9.91. The number of pyridine rings is 1. The molecule has 2 aromatic rings. The van der Waals surface area contributed by atoms with Crippen LogP contribution >= 0.6 is 12.2 Å². The Labute approximate surface area is 118 Å². The average molecular weight is 276 g/mol. The maximum Gasteiger partial charge on any atom is 0.195 e. The number of aromatic nitrogens is 4. The normalized spacial score (nSPS) is 11.8. The van der Waals surface area contributed by atoms with Crippen LogP contribution in [-0.4, -0.2) is 19.7 Å². The quantitative estimate of drug-likeness (QED) is 0.852. The molecule has 0 aromatic carbocycles. The molecule has 0 bridgehead atoms. The summed E-state index contributed by atoms with van der Waals surface area (Å²) >= 11 is 5.22. The van der Waals surface area contributed by atoms with Gasteiger partial charge in [-0.15, -0.1) is 0 Å². The lowest BCUT2D eigenvalue weighted by molar-refractivity contribution is 0.567. The second kappa shape index (κ2) is 4.89. The number of H-pyrrole nitrogens is 1. The minimum absolute atomic E-state index is 0.0543. The maximum atomic E-state index is 5.22. The van der Waals surface area contributed by atoms with Crippen LogP contribution in [-0.2, 0) is 12.0 Å². The Kier molecular flexibility index (Phi) is 3.58. The molecule has 0 unspecified atom stereocenters. The van der Waals surface area contributed by atoms with Gasteiger partial charge in [-0.25, -0.2) is 0 Å². The summed E-state index contributed by atoms with van der Waals surface area (Å²) in [6.07, 6.45) is 0. The first-order valence-corrected chi connectivity index (χ1v) is 6.89. The highest BCUT2D eigenvalue weighted by atomic mass is 32.1. The molecule has 0 saturated heterocycles. The van der Waals surface area contributed by atoms with E-state index in [1.54, 1.807) is 0 Å². The molecule has 5 heteroatoms. The molecule has 2 rings (SSSR count). The summed E-state index contributed by atoms with van der Waals surface area (Å²) < 4.78 is 2.63. The zero-order valence-electron chi connectivity index (χ0n) is 12.1. The highest BCUT2D eigenvalue weighted by Crippen LogP contribution is 2.25. The molecule has 0 aliphatic heterocycles. The molecule has 0 spiro atoms. The third kappa shape index (κ3) is 2.61. The van der Waals surface area contributed by atoms with E-state index < -0.39 is 0 Å². The Bertz CT molecular complexity index is 646. The number of aromatic amines is 1. The minimum atomic E-state index is 0.0543. The largest absolute Gasteiger partial charge is 0.300 e. The molecule has 0 aliphatic rings. The Morgan fingerprint density at radius 1 is 1.32 bits per heavy atom. The van der Waals surface area contributed by atoms with Crippen LogP contribution in [0.25, 0.3) is 11.4 Å². The van der Waals surface area contributed by atoms with Gasteiger partial charge in [0.2, 0.25) is 0 Å². The first kappa shape index (κ1) is 13.9. The smallest absolute Gasteiger partial charge is 0.195 e. The molecular weight excluding hydrogens is 256 g/mol. The van der Waals surface area contributed by atoms with Gasteiger partial charge in [-0.1, -0.05) is 20.8 Å². The molecule has 0 aliphatic carbocycles. The third-order valence-corrected chi connectivity index (χ3v) is 3.48. The first-order valence-electron chi connectivity index (χ1n) is 6.48. The van der Waals surface area contributed by atoms with Gasteiger partial charge in [0.05, 0.1) is 0 Å². The molecule has 0 atom stereocenters. The lowest BCUT2D eigenvalue weighted by Gasteiger charge is -2.19. The highest BCUT2D eigenvalue weighted by molar-refractivity contribution is 7.71. The molecule has 0 fully saturated rings. The second-order valence-corrected chi connectivity index (χ2v) is 6.06. The van der Waals surface area contributed by atoms with Gasteiger partial charge in [0.15, 0.2) is 10.6 Å². The highest BCUT2D eigenvalue weighted by Gasteiger charge is 2.18. The third-order valence-electron chi connectivity index (χ3n) is 3.17. The van der Waals surface area contributed by atoms with Gasteiger partial charge in [0.25, 0.3) is 0 Å². The minimum Gasteiger partial charge on any atom is -0.300 e. The van der Waals surface area contributed by atoms with Gasteiger partial charge in [-0.2, -0.15) is 5.10 Å². The second-order valence-electron chi connectivity index (χ2n) is 5.68. The topological polar surface area (TPSA) is 46.5 Å². The Balaban J connectivity index is 2.55. The fourth-order valence-corrected chi connectivity index (χ4v) is 2.29. The van der Waals surface area contributed by atoms with Crippen molar-refractivity contribution in [2.24, 2.45) is 0 Å². The molecule has 2 heterocycles. The van der Waals surface area contributed by atoms with Crippen molar-refractivity contribution in [3.05, 3.63) is 28.3 Å². The van der Waals surface area contributed by atoms with E-state index in [2.05, 4.69) is 50.0 Å². The van der Waals surface area contributed by atoms with E-state index in [1.807, 2.05) is 11.5 Å². The van der Waals surface area contributed by atoms with Crippen LogP contribution in [0.1, 0.15) is 39.1 Å². The van der Waals surface area contributed by atoms with Gasteiger partial charge in [0, 0.05) is 28.9 Å². The summed E-state index contributed by atoms with van der Waals surface area (Å²) in [6.45, 7) is 11.4. The molecule has 4 nitrogen and oxygen atoms in total. The van der Waals surface area contributed by atoms with Crippen LogP contribution in [0.15, 0.2) is 12.1 Å². The monoisotopic (exact) mass is 276 g/mol. The van der Waals surface area contributed by atoms with Crippen LogP contribution in [0.2, 0.25) is 0 Å². The van der Waals surface area contributed by atoms with Crippen LogP contribution in [0.5, 0.6) is 0 Å². The number of aryl methyl sites for hydroxylation is 1. The summed E-state index contributed by atoms with van der Waals surface area (Å²) in [5, 5.41) is 7.16. The maximum absolute atomic E-state index is 5.22. The van der Waals surface area contributed by atoms with Crippen molar-refractivity contribution in [2.75, 3.05) is 0 Å². The van der Waals surface area contributed by atoms with Crippen LogP contribution < -0.4 is 0 Å². The van der Waals surface area contributed by atoms with Crippen molar-refractivity contribution in [1.29, 1.82) is 0 Å². The first-order chi connectivity index (χ1) is 8.84. The Morgan fingerprint density at radius 2 is 2.00 bits per heavy atom. The van der Waals surface area contributed by atoms with Gasteiger partial charge in [-0.3, -0.25) is 10.1 Å². The van der Waals surface area contributed by atoms with E-state index in [0.717, 1.165) is 29.3 Å². The number of rotatable bonds is 2. The zero-order chi connectivity index (χ0) is 14.2. The van der Waals surface area contributed by atoms with Gasteiger partial charge in [0.1, 0.15) is 0 Å². The standard InChI is InChI=1S/C14H20N4S/c1-6-18-12(16-17-13(18)19)10-7-8-11(14(3,4)5)15-9(10)2/h7-8H,6H2,1-5H3,(H,17,19). The van der Waals surface area contributed by atoms with Crippen LogP contribution in [0.4, 0.5) is 0 Å². The summed E-state index contributed by atoms with van der Waals surface area (Å²) in [6, 6.07) is 4.15. The van der Waals surface area contributed by atoms with Crippen molar-refractivity contribution in [2.45, 2.75) is 46.6 Å². The predicted molar refractivity (Wildman–Crippen MR) is 79.8 cm³/mol. The number of hydrogen-bond donors (Lipinski definition) is 1. The van der Waals surface area contributed by atoms with E-state index in [9.17, 15) is 0 Å². The molecule has 102 valence electrons. The number of nitrogens with one attached hydrogen (secondary N) is 1. The summed E-state index contributed by atoms with van der Waals surface area (Å²) in [4.78, 5) is 4.70. The van der Waals surface area contributed by atoms with Crippen molar-refractivity contribution in [3.63, 3.8) is 0 Å².